The number of hydrogen-bond acceptors (Lipinski definition) is 4. The van der Waals surface area contributed by atoms with Crippen LogP contribution in [0.4, 0.5) is 18.0 Å². The van der Waals surface area contributed by atoms with Crippen LogP contribution >= 0.6 is 0 Å². The molecule has 0 aliphatic heterocycles. The fourth-order valence-electron chi connectivity index (χ4n) is 3.74. The summed E-state index contributed by atoms with van der Waals surface area (Å²) in [6.07, 6.45) is -5.64. The summed E-state index contributed by atoms with van der Waals surface area (Å²) in [4.78, 5) is 34.4. The normalized spacial score (nSPS) is 13.5. The average Bonchev–Trinajstić information content (AvgIpc) is 3.08. The number of carbonyl (C=O) groups excluding carboxylic acids is 2. The third-order valence-electron chi connectivity index (χ3n) is 5.39. The number of benzene rings is 2. The summed E-state index contributed by atoms with van der Waals surface area (Å²) >= 11 is 0. The quantitative estimate of drug-likeness (QED) is 0.491. The third kappa shape index (κ3) is 6.03. The molecule has 1 unspecified atom stereocenters. The van der Waals surface area contributed by atoms with Gasteiger partial charge in [0, 0.05) is 25.4 Å². The SMILES string of the molecule is O=C(CCCNC(=O)OCC1c2ccccc2-c2ccccc21)NCC(C(=O)O)C(F)(F)F. The first-order valence-electron chi connectivity index (χ1n) is 10.3. The van der Waals surface area contributed by atoms with Crippen LogP contribution in [-0.4, -0.2) is 48.9 Å². The maximum absolute atomic E-state index is 12.6. The number of carboxylic acid groups (broad SMARTS) is 1. The minimum absolute atomic E-state index is 0.0751. The van der Waals surface area contributed by atoms with Crippen molar-refractivity contribution < 1.29 is 37.4 Å². The summed E-state index contributed by atoms with van der Waals surface area (Å²) in [6, 6.07) is 15.8. The number of rotatable bonds is 9. The number of halogens is 3. The van der Waals surface area contributed by atoms with Gasteiger partial charge in [-0.1, -0.05) is 48.5 Å². The van der Waals surface area contributed by atoms with Gasteiger partial charge >= 0.3 is 18.2 Å². The van der Waals surface area contributed by atoms with Crippen LogP contribution in [0.2, 0.25) is 0 Å². The minimum atomic E-state index is -4.95. The fourth-order valence-corrected chi connectivity index (χ4v) is 3.74. The van der Waals surface area contributed by atoms with E-state index in [2.05, 4.69) is 5.32 Å². The molecule has 2 aromatic rings. The van der Waals surface area contributed by atoms with Crippen LogP contribution in [0.5, 0.6) is 0 Å². The number of alkyl carbamates (subject to hydrolysis) is 1. The number of alkyl halides is 3. The summed E-state index contributed by atoms with van der Waals surface area (Å²) in [5.74, 6) is -5.55. The lowest BCUT2D eigenvalue weighted by Gasteiger charge is -2.16. The molecular formula is C23H23F3N2O5. The Labute approximate surface area is 187 Å². The molecule has 3 N–H and O–H groups in total. The predicted octanol–water partition coefficient (Wildman–Crippen LogP) is 3.68. The van der Waals surface area contributed by atoms with E-state index in [1.54, 1.807) is 0 Å². The Morgan fingerprint density at radius 2 is 1.55 bits per heavy atom. The van der Waals surface area contributed by atoms with Crippen molar-refractivity contribution in [2.45, 2.75) is 24.9 Å². The van der Waals surface area contributed by atoms with Gasteiger partial charge in [0.25, 0.3) is 0 Å². The zero-order valence-corrected chi connectivity index (χ0v) is 17.5. The van der Waals surface area contributed by atoms with Gasteiger partial charge in [-0.2, -0.15) is 13.2 Å². The second kappa shape index (κ2) is 10.4. The van der Waals surface area contributed by atoms with Crippen molar-refractivity contribution >= 4 is 18.0 Å². The summed E-state index contributed by atoms with van der Waals surface area (Å²) in [5.41, 5.74) is 4.34. The molecule has 1 aliphatic rings. The number of aliphatic carboxylic acids is 1. The lowest BCUT2D eigenvalue weighted by molar-refractivity contribution is -0.192. The predicted molar refractivity (Wildman–Crippen MR) is 112 cm³/mol. The van der Waals surface area contributed by atoms with E-state index in [9.17, 15) is 27.6 Å². The zero-order valence-electron chi connectivity index (χ0n) is 17.5. The molecule has 0 saturated heterocycles. The Kier molecular flexibility index (Phi) is 7.57. The van der Waals surface area contributed by atoms with E-state index in [0.717, 1.165) is 22.3 Å². The van der Waals surface area contributed by atoms with Crippen molar-refractivity contribution in [1.29, 1.82) is 0 Å². The van der Waals surface area contributed by atoms with Gasteiger partial charge < -0.3 is 20.5 Å². The molecule has 1 atom stereocenters. The number of fused-ring (bicyclic) bond motifs is 3. The maximum Gasteiger partial charge on any atom is 0.407 e. The van der Waals surface area contributed by atoms with Crippen molar-refractivity contribution in [2.24, 2.45) is 5.92 Å². The molecular weight excluding hydrogens is 441 g/mol. The molecule has 0 aromatic heterocycles. The van der Waals surface area contributed by atoms with Crippen LogP contribution in [0.15, 0.2) is 48.5 Å². The van der Waals surface area contributed by atoms with Gasteiger partial charge in [0.15, 0.2) is 5.92 Å². The molecule has 176 valence electrons. The van der Waals surface area contributed by atoms with Crippen molar-refractivity contribution in [3.8, 4) is 11.1 Å². The molecule has 1 aliphatic carbocycles. The molecule has 0 spiro atoms. The number of hydrogen-bond donors (Lipinski definition) is 3. The topological polar surface area (TPSA) is 105 Å². The van der Waals surface area contributed by atoms with Crippen LogP contribution in [0, 0.1) is 5.92 Å². The monoisotopic (exact) mass is 464 g/mol. The van der Waals surface area contributed by atoms with E-state index in [0.29, 0.717) is 0 Å². The van der Waals surface area contributed by atoms with Crippen LogP contribution in [0.3, 0.4) is 0 Å². The van der Waals surface area contributed by atoms with Crippen molar-refractivity contribution in [3.05, 3.63) is 59.7 Å². The fraction of sp³-hybridized carbons (Fsp3) is 0.348. The molecule has 7 nitrogen and oxygen atoms in total. The molecule has 33 heavy (non-hydrogen) atoms. The Balaban J connectivity index is 1.39. The highest BCUT2D eigenvalue weighted by Gasteiger charge is 2.45. The third-order valence-corrected chi connectivity index (χ3v) is 5.39. The van der Waals surface area contributed by atoms with Crippen molar-refractivity contribution in [3.63, 3.8) is 0 Å². The van der Waals surface area contributed by atoms with E-state index in [1.165, 1.54) is 0 Å². The van der Waals surface area contributed by atoms with E-state index in [1.807, 2.05) is 53.8 Å². The van der Waals surface area contributed by atoms with Gasteiger partial charge in [-0.25, -0.2) is 4.79 Å². The molecule has 0 fully saturated rings. The van der Waals surface area contributed by atoms with E-state index in [-0.39, 0.29) is 31.9 Å². The van der Waals surface area contributed by atoms with E-state index in [4.69, 9.17) is 9.84 Å². The minimum Gasteiger partial charge on any atom is -0.481 e. The van der Waals surface area contributed by atoms with Crippen LogP contribution < -0.4 is 10.6 Å². The smallest absolute Gasteiger partial charge is 0.407 e. The average molecular weight is 464 g/mol. The molecule has 0 radical (unpaired) electrons. The summed E-state index contributed by atoms with van der Waals surface area (Å²) in [7, 11) is 0. The number of carbonyl (C=O) groups is 3. The summed E-state index contributed by atoms with van der Waals surface area (Å²) < 4.78 is 43.1. The maximum atomic E-state index is 12.6. The second-order valence-electron chi connectivity index (χ2n) is 7.59. The Morgan fingerprint density at radius 1 is 0.970 bits per heavy atom. The first-order chi connectivity index (χ1) is 15.7. The molecule has 3 rings (SSSR count). The van der Waals surface area contributed by atoms with Gasteiger partial charge in [-0.05, 0) is 28.7 Å². The number of nitrogens with one attached hydrogen (secondary N) is 2. The summed E-state index contributed by atoms with van der Waals surface area (Å²) in [5, 5.41) is 13.1. The number of carboxylic acids is 1. The van der Waals surface area contributed by atoms with E-state index >= 15 is 0 Å². The number of ether oxygens (including phenoxy) is 1. The van der Waals surface area contributed by atoms with Crippen molar-refractivity contribution in [1.82, 2.24) is 10.6 Å². The van der Waals surface area contributed by atoms with Gasteiger partial charge in [0.05, 0.1) is 0 Å². The second-order valence-corrected chi connectivity index (χ2v) is 7.59. The van der Waals surface area contributed by atoms with Crippen molar-refractivity contribution in [2.75, 3.05) is 19.7 Å². The first kappa shape index (κ1) is 24.1. The molecule has 0 saturated carbocycles. The lowest BCUT2D eigenvalue weighted by Crippen LogP contribution is -2.41. The highest BCUT2D eigenvalue weighted by molar-refractivity contribution is 5.79. The van der Waals surface area contributed by atoms with Crippen LogP contribution in [-0.2, 0) is 14.3 Å². The van der Waals surface area contributed by atoms with Gasteiger partial charge in [0.1, 0.15) is 6.61 Å². The Bertz CT molecular complexity index is 980. The first-order valence-corrected chi connectivity index (χ1v) is 10.3. The molecule has 0 heterocycles. The molecule has 0 bridgehead atoms. The highest BCUT2D eigenvalue weighted by Crippen LogP contribution is 2.44. The van der Waals surface area contributed by atoms with Gasteiger partial charge in [-0.15, -0.1) is 0 Å². The molecule has 2 aromatic carbocycles. The Morgan fingerprint density at radius 3 is 2.09 bits per heavy atom. The van der Waals surface area contributed by atoms with Crippen LogP contribution in [0.25, 0.3) is 11.1 Å². The van der Waals surface area contributed by atoms with Crippen LogP contribution in [0.1, 0.15) is 29.9 Å². The Hall–Kier alpha value is -3.56. The molecule has 2 amide bonds. The standard InChI is InChI=1S/C23H23F3N2O5/c24-23(25,26)19(21(30)31)12-28-20(29)10-5-11-27-22(32)33-13-18-16-8-3-1-6-14(16)15-7-2-4-9-17(15)18/h1-4,6-9,18-19H,5,10-13H2,(H,27,32)(H,28,29)(H,30,31). The van der Waals surface area contributed by atoms with Gasteiger partial charge in [-0.3, -0.25) is 9.59 Å². The van der Waals surface area contributed by atoms with Gasteiger partial charge in [0.2, 0.25) is 5.91 Å². The summed E-state index contributed by atoms with van der Waals surface area (Å²) in [6.45, 7) is -0.836. The van der Waals surface area contributed by atoms with E-state index < -0.39 is 36.6 Å². The number of amides is 2. The lowest BCUT2D eigenvalue weighted by atomic mass is 9.98. The largest absolute Gasteiger partial charge is 0.481 e. The molecule has 10 heteroatoms. The zero-order chi connectivity index (χ0) is 24.0. The highest BCUT2D eigenvalue weighted by atomic mass is 19.4.